The van der Waals surface area contributed by atoms with Gasteiger partial charge >= 0.3 is 0 Å². The highest BCUT2D eigenvalue weighted by Gasteiger charge is 2.52. The summed E-state index contributed by atoms with van der Waals surface area (Å²) < 4.78 is 0. The number of anilines is 4. The Hall–Kier alpha value is -5.86. The Morgan fingerprint density at radius 1 is 0.603 bits per heavy atom. The van der Waals surface area contributed by atoms with Crippen LogP contribution in [0.2, 0.25) is 0 Å². The van der Waals surface area contributed by atoms with Gasteiger partial charge in [-0.3, -0.25) is 0 Å². The minimum atomic E-state index is -0.0726. The second-order valence-corrected chi connectivity index (χ2v) is 18.4. The van der Waals surface area contributed by atoms with Crippen molar-refractivity contribution in [2.75, 3.05) is 16.3 Å². The summed E-state index contributed by atoms with van der Waals surface area (Å²) in [5, 5.41) is 0. The molecule has 2 heteroatoms. The van der Waals surface area contributed by atoms with E-state index in [1.165, 1.54) is 111 Å². The average molecular weight is 751 g/mol. The van der Waals surface area contributed by atoms with Crippen molar-refractivity contribution in [3.63, 3.8) is 0 Å². The first-order valence-corrected chi connectivity index (χ1v) is 21.8. The molecule has 284 valence electrons. The number of para-hydroxylation sites is 3. The quantitative estimate of drug-likeness (QED) is 0.166. The zero-order valence-corrected chi connectivity index (χ0v) is 33.7. The molecule has 6 aromatic carbocycles. The lowest BCUT2D eigenvalue weighted by Gasteiger charge is -2.39. The zero-order valence-electron chi connectivity index (χ0n) is 33.7. The van der Waals surface area contributed by atoms with E-state index in [9.17, 15) is 0 Å². The van der Waals surface area contributed by atoms with Crippen LogP contribution in [0, 0.1) is 5.92 Å². The Morgan fingerprint density at radius 2 is 1.22 bits per heavy atom. The molecule has 2 nitrogen and oxygen atoms in total. The molecule has 1 fully saturated rings. The molecule has 6 aromatic rings. The topological polar surface area (TPSA) is 6.48 Å². The van der Waals surface area contributed by atoms with E-state index in [-0.39, 0.29) is 10.8 Å². The van der Waals surface area contributed by atoms with E-state index in [0.717, 1.165) is 19.4 Å². The van der Waals surface area contributed by atoms with Crippen molar-refractivity contribution in [1.29, 1.82) is 0 Å². The molecular formula is C56H50N2. The molecule has 0 aromatic heterocycles. The number of rotatable bonds is 4. The van der Waals surface area contributed by atoms with Crippen LogP contribution >= 0.6 is 0 Å². The lowest BCUT2D eigenvalue weighted by molar-refractivity contribution is 0.335. The molecule has 1 spiro atoms. The van der Waals surface area contributed by atoms with Crippen LogP contribution in [-0.2, 0) is 23.7 Å². The van der Waals surface area contributed by atoms with Crippen molar-refractivity contribution >= 4 is 34.9 Å². The molecule has 6 aliphatic rings. The van der Waals surface area contributed by atoms with Gasteiger partial charge in [-0.25, -0.2) is 0 Å². The molecule has 0 radical (unpaired) electrons. The lowest BCUT2D eigenvalue weighted by Crippen LogP contribution is -2.31. The van der Waals surface area contributed by atoms with E-state index in [1.807, 2.05) is 0 Å². The Bertz CT molecular complexity index is 2710. The smallest absolute Gasteiger partial charge is 0.0496 e. The maximum absolute atomic E-state index is 2.67. The van der Waals surface area contributed by atoms with Crippen molar-refractivity contribution in [2.24, 2.45) is 5.92 Å². The van der Waals surface area contributed by atoms with E-state index >= 15 is 0 Å². The van der Waals surface area contributed by atoms with Crippen LogP contribution in [0.4, 0.5) is 22.7 Å². The summed E-state index contributed by atoms with van der Waals surface area (Å²) in [6.45, 7) is 5.90. The molecule has 0 saturated heterocycles. The van der Waals surface area contributed by atoms with Gasteiger partial charge in [0.05, 0.1) is 0 Å². The van der Waals surface area contributed by atoms with Gasteiger partial charge in [0.1, 0.15) is 0 Å². The van der Waals surface area contributed by atoms with Gasteiger partial charge in [-0.05, 0) is 129 Å². The standard InChI is InChI=1S/C56H50N2/c1-55(2)48-32-37(21-25-44(48)45-27-23-42(35-49(45)55)57-31-11-15-39-12-3-6-16-52(39)57)19-20-38-22-26-46-47-28-24-43(36-51(47)56(50(46)33-38)29-9-10-30-56)58-53-17-7-4-13-40(53)34-41-14-5-8-18-54(41)58/h3-8,12-14,16-28,32-33,35-36,47,51H,9-11,15,29-31,34H2,1-2H3/b20-19+. The summed E-state index contributed by atoms with van der Waals surface area (Å²) in [5.74, 6) is 0.895. The Labute approximate surface area is 343 Å². The van der Waals surface area contributed by atoms with Crippen LogP contribution in [0.1, 0.15) is 102 Å². The molecule has 58 heavy (non-hydrogen) atoms. The van der Waals surface area contributed by atoms with Crippen molar-refractivity contribution < 1.29 is 0 Å². The largest absolute Gasteiger partial charge is 0.341 e. The van der Waals surface area contributed by atoms with Crippen molar-refractivity contribution in [3.05, 3.63) is 201 Å². The van der Waals surface area contributed by atoms with Crippen molar-refractivity contribution in [2.45, 2.75) is 75.5 Å². The third-order valence-corrected chi connectivity index (χ3v) is 15.0. The van der Waals surface area contributed by atoms with Gasteiger partial charge in [0.25, 0.3) is 0 Å². The Kier molecular flexibility index (Phi) is 7.56. The number of hydrogen-bond acceptors (Lipinski definition) is 2. The number of allylic oxidation sites excluding steroid dienone is 3. The summed E-state index contributed by atoms with van der Waals surface area (Å²) in [7, 11) is 0. The van der Waals surface area contributed by atoms with Crippen LogP contribution < -0.4 is 9.80 Å². The molecule has 12 rings (SSSR count). The monoisotopic (exact) mass is 750 g/mol. The predicted molar refractivity (Wildman–Crippen MR) is 243 cm³/mol. The van der Waals surface area contributed by atoms with E-state index in [0.29, 0.717) is 11.8 Å². The normalized spacial score (nSPS) is 21.2. The second-order valence-electron chi connectivity index (χ2n) is 18.4. The van der Waals surface area contributed by atoms with Gasteiger partial charge in [-0.1, -0.05) is 148 Å². The molecule has 4 aliphatic carbocycles. The van der Waals surface area contributed by atoms with Crippen LogP contribution in [0.15, 0.2) is 151 Å². The first-order valence-electron chi connectivity index (χ1n) is 21.8. The fourth-order valence-corrected chi connectivity index (χ4v) is 12.2. The number of aryl methyl sites for hydroxylation is 1. The van der Waals surface area contributed by atoms with E-state index in [1.54, 1.807) is 11.1 Å². The van der Waals surface area contributed by atoms with Crippen LogP contribution in [0.3, 0.4) is 0 Å². The molecular weight excluding hydrogens is 701 g/mol. The third kappa shape index (κ3) is 5.03. The van der Waals surface area contributed by atoms with E-state index in [2.05, 4.69) is 181 Å². The van der Waals surface area contributed by atoms with E-state index < -0.39 is 0 Å². The van der Waals surface area contributed by atoms with Crippen LogP contribution in [-0.4, -0.2) is 6.54 Å². The number of fused-ring (bicyclic) bond motifs is 11. The maximum Gasteiger partial charge on any atom is 0.0496 e. The lowest BCUT2D eigenvalue weighted by atomic mass is 9.69. The fourth-order valence-electron chi connectivity index (χ4n) is 12.2. The highest BCUT2D eigenvalue weighted by molar-refractivity contribution is 5.86. The van der Waals surface area contributed by atoms with Crippen molar-refractivity contribution in [3.8, 4) is 11.1 Å². The second kappa shape index (κ2) is 12.8. The molecule has 1 saturated carbocycles. The number of hydrogen-bond donors (Lipinski definition) is 0. The molecule has 0 bridgehead atoms. The number of benzene rings is 6. The third-order valence-electron chi connectivity index (χ3n) is 15.0. The summed E-state index contributed by atoms with van der Waals surface area (Å²) in [6, 6.07) is 48.7. The molecule has 2 atom stereocenters. The Balaban J connectivity index is 0.851. The van der Waals surface area contributed by atoms with Gasteiger partial charge in [-0.2, -0.15) is 0 Å². The van der Waals surface area contributed by atoms with E-state index in [4.69, 9.17) is 0 Å². The molecule has 2 unspecified atom stereocenters. The zero-order chi connectivity index (χ0) is 38.6. The molecule has 2 aliphatic heterocycles. The van der Waals surface area contributed by atoms with Crippen LogP contribution in [0.25, 0.3) is 23.3 Å². The highest BCUT2D eigenvalue weighted by atomic mass is 15.2. The van der Waals surface area contributed by atoms with Crippen molar-refractivity contribution in [1.82, 2.24) is 0 Å². The summed E-state index contributed by atoms with van der Waals surface area (Å²) >= 11 is 0. The molecule has 0 N–H and O–H groups in total. The molecule has 0 amide bonds. The van der Waals surface area contributed by atoms with Gasteiger partial charge in [0, 0.05) is 58.2 Å². The number of nitrogens with zero attached hydrogens (tertiary/aromatic N) is 2. The minimum Gasteiger partial charge on any atom is -0.341 e. The summed E-state index contributed by atoms with van der Waals surface area (Å²) in [5.41, 5.74) is 22.4. The van der Waals surface area contributed by atoms with Gasteiger partial charge in [0.15, 0.2) is 0 Å². The first kappa shape index (κ1) is 34.2. The average Bonchev–Trinajstić information content (AvgIpc) is 3.93. The minimum absolute atomic E-state index is 0.0726. The SMILES string of the molecule is CC1(C)c2cc(/C=C/c3ccc4c(c3)C3(CCCC3)C3C=C(N5c6ccccc6Cc6ccccc65)C=CC43)ccc2-c2ccc(N3CCCc4ccccc43)cc21. The van der Waals surface area contributed by atoms with Gasteiger partial charge in [0.2, 0.25) is 0 Å². The maximum atomic E-state index is 2.67. The summed E-state index contributed by atoms with van der Waals surface area (Å²) in [6.07, 6.45) is 20.9. The van der Waals surface area contributed by atoms with Crippen LogP contribution in [0.5, 0.6) is 0 Å². The Morgan fingerprint density at radius 3 is 1.97 bits per heavy atom. The van der Waals surface area contributed by atoms with Gasteiger partial charge < -0.3 is 9.80 Å². The fraction of sp³-hybridized carbons (Fsp3) is 0.250. The predicted octanol–water partition coefficient (Wildman–Crippen LogP) is 14.0. The highest BCUT2D eigenvalue weighted by Crippen LogP contribution is 2.61. The first-order chi connectivity index (χ1) is 28.5. The molecule has 2 heterocycles. The summed E-state index contributed by atoms with van der Waals surface area (Å²) in [4.78, 5) is 5.08. The van der Waals surface area contributed by atoms with Gasteiger partial charge in [-0.15, -0.1) is 0 Å².